The monoisotopic (exact) mass is 693 g/mol. The molecule has 0 amide bonds. The topological polar surface area (TPSA) is 3.24 Å². The average Bonchev–Trinajstić information content (AvgIpc) is 3.78. The van der Waals surface area contributed by atoms with Crippen molar-refractivity contribution in [3.63, 3.8) is 0 Å². The lowest BCUT2D eigenvalue weighted by Crippen LogP contribution is -2.25. The molecule has 0 aliphatic heterocycles. The van der Waals surface area contributed by atoms with Gasteiger partial charge in [-0.05, 0) is 115 Å². The van der Waals surface area contributed by atoms with Crippen LogP contribution in [-0.4, -0.2) is 0 Å². The van der Waals surface area contributed by atoms with E-state index in [-0.39, 0.29) is 11.2 Å². The van der Waals surface area contributed by atoms with Crippen LogP contribution in [0.3, 0.4) is 0 Å². The molecule has 3 aliphatic rings. The van der Waals surface area contributed by atoms with Gasteiger partial charge in [0.25, 0.3) is 0 Å². The Bertz CT molecular complexity index is 2780. The number of hydrogen-bond acceptors (Lipinski definition) is 1. The van der Waals surface area contributed by atoms with Gasteiger partial charge in [0, 0.05) is 22.4 Å². The Morgan fingerprint density at radius 1 is 0.370 bits per heavy atom. The maximum Gasteiger partial charge on any atom is 0.125 e. The number of fused-ring (bicyclic) bond motifs is 13. The third kappa shape index (κ3) is 4.03. The Morgan fingerprint density at radius 2 is 0.870 bits per heavy atom. The molecule has 11 rings (SSSR count). The van der Waals surface area contributed by atoms with E-state index in [1.165, 1.54) is 66.8 Å². The van der Waals surface area contributed by atoms with E-state index in [2.05, 4.69) is 176 Å². The summed E-state index contributed by atoms with van der Waals surface area (Å²) in [7, 11) is 0. The average molecular weight is 694 g/mol. The normalized spacial score (nSPS) is 14.5. The first-order valence-electron chi connectivity index (χ1n) is 18.8. The molecule has 0 unspecified atom stereocenters. The molecule has 0 saturated carbocycles. The van der Waals surface area contributed by atoms with Crippen LogP contribution in [0.2, 0.25) is 0 Å². The summed E-state index contributed by atoms with van der Waals surface area (Å²) in [5.74, 6) is -0.272. The van der Waals surface area contributed by atoms with Gasteiger partial charge in [0.2, 0.25) is 0 Å². The third-order valence-corrected chi connectivity index (χ3v) is 12.4. The maximum absolute atomic E-state index is 15.8. The van der Waals surface area contributed by atoms with Crippen LogP contribution in [0.4, 0.5) is 21.5 Å². The van der Waals surface area contributed by atoms with Crippen molar-refractivity contribution >= 4 is 17.1 Å². The molecule has 0 bridgehead atoms. The minimum absolute atomic E-state index is 0.179. The molecule has 0 saturated heterocycles. The van der Waals surface area contributed by atoms with Crippen molar-refractivity contribution in [3.8, 4) is 44.5 Å². The predicted octanol–water partition coefficient (Wildman–Crippen LogP) is 13.6. The maximum atomic E-state index is 15.8. The summed E-state index contributed by atoms with van der Waals surface area (Å²) in [4.78, 5) is 2.24. The van der Waals surface area contributed by atoms with E-state index >= 15 is 4.39 Å². The van der Waals surface area contributed by atoms with Crippen molar-refractivity contribution in [2.45, 2.75) is 24.7 Å². The Hall–Kier alpha value is -6.51. The van der Waals surface area contributed by atoms with E-state index in [0.717, 1.165) is 28.2 Å². The Labute approximate surface area is 315 Å². The first-order valence-corrected chi connectivity index (χ1v) is 18.8. The second kappa shape index (κ2) is 11.2. The summed E-state index contributed by atoms with van der Waals surface area (Å²) in [5, 5.41) is 0. The highest BCUT2D eigenvalue weighted by Crippen LogP contribution is 2.64. The predicted molar refractivity (Wildman–Crippen MR) is 220 cm³/mol. The lowest BCUT2D eigenvalue weighted by atomic mass is 9.70. The van der Waals surface area contributed by atoms with Crippen molar-refractivity contribution in [2.75, 3.05) is 4.90 Å². The van der Waals surface area contributed by atoms with Crippen LogP contribution in [0.1, 0.15) is 47.2 Å². The molecular weight excluding hydrogens is 658 g/mol. The summed E-state index contributed by atoms with van der Waals surface area (Å²) >= 11 is 0. The fourth-order valence-corrected chi connectivity index (χ4v) is 10.1. The van der Waals surface area contributed by atoms with Gasteiger partial charge >= 0.3 is 0 Å². The van der Waals surface area contributed by atoms with Gasteiger partial charge in [-0.3, -0.25) is 0 Å². The molecule has 0 N–H and O–H groups in total. The van der Waals surface area contributed by atoms with Crippen molar-refractivity contribution in [1.29, 1.82) is 0 Å². The standard InChI is InChI=1S/C52H36FN/c1-51(2)43-22-10-6-17-36(43)39-30-28-35(32-48(39)51)54(34-15-4-3-5-16-34)49-31-33(53)27-29-40(49)41-21-14-26-47-50(41)42-20-9-13-25-46(42)52(47)44-23-11-7-18-37(44)38-19-8-12-24-45(38)52/h3-32H,1-2H3. The van der Waals surface area contributed by atoms with Gasteiger partial charge in [-0.2, -0.15) is 0 Å². The first-order chi connectivity index (χ1) is 26.5. The highest BCUT2D eigenvalue weighted by atomic mass is 19.1. The quantitative estimate of drug-likeness (QED) is 0.177. The number of halogens is 1. The van der Waals surface area contributed by atoms with E-state index < -0.39 is 5.41 Å². The van der Waals surface area contributed by atoms with Gasteiger partial charge in [0.15, 0.2) is 0 Å². The van der Waals surface area contributed by atoms with Gasteiger partial charge in [-0.15, -0.1) is 0 Å². The minimum Gasteiger partial charge on any atom is -0.310 e. The summed E-state index contributed by atoms with van der Waals surface area (Å²) in [5.41, 5.74) is 19.5. The summed E-state index contributed by atoms with van der Waals surface area (Å²) < 4.78 is 15.8. The number of para-hydroxylation sites is 1. The molecule has 0 fully saturated rings. The number of benzene rings is 8. The molecule has 8 aromatic carbocycles. The van der Waals surface area contributed by atoms with Crippen molar-refractivity contribution < 1.29 is 4.39 Å². The van der Waals surface area contributed by atoms with Gasteiger partial charge in [-0.1, -0.05) is 153 Å². The molecular formula is C52H36FN. The van der Waals surface area contributed by atoms with E-state index in [9.17, 15) is 0 Å². The SMILES string of the molecule is CC1(C)c2ccccc2-c2ccc(N(c3ccccc3)c3cc(F)ccc3-c3cccc4c3-c3ccccc3C43c4ccccc4-c4ccccc43)cc21. The molecule has 1 nitrogen and oxygen atoms in total. The largest absolute Gasteiger partial charge is 0.310 e. The zero-order valence-corrected chi connectivity index (χ0v) is 30.1. The van der Waals surface area contributed by atoms with Crippen LogP contribution in [0.15, 0.2) is 182 Å². The van der Waals surface area contributed by atoms with Gasteiger partial charge in [-0.25, -0.2) is 4.39 Å². The highest BCUT2D eigenvalue weighted by Gasteiger charge is 2.52. The van der Waals surface area contributed by atoms with Crippen molar-refractivity contribution in [2.24, 2.45) is 0 Å². The Kier molecular flexibility index (Phi) is 6.47. The van der Waals surface area contributed by atoms with Crippen molar-refractivity contribution in [1.82, 2.24) is 0 Å². The molecule has 256 valence electrons. The lowest BCUT2D eigenvalue weighted by Gasteiger charge is -2.31. The van der Waals surface area contributed by atoms with Crippen LogP contribution in [-0.2, 0) is 10.8 Å². The second-order valence-corrected chi connectivity index (χ2v) is 15.3. The minimum atomic E-state index is -0.463. The van der Waals surface area contributed by atoms with E-state index in [1.807, 2.05) is 12.1 Å². The van der Waals surface area contributed by atoms with Crippen LogP contribution in [0, 0.1) is 5.82 Å². The number of rotatable bonds is 4. The van der Waals surface area contributed by atoms with Crippen LogP contribution < -0.4 is 4.90 Å². The first kappa shape index (κ1) is 31.1. The molecule has 54 heavy (non-hydrogen) atoms. The van der Waals surface area contributed by atoms with Gasteiger partial charge < -0.3 is 4.90 Å². The summed E-state index contributed by atoms with van der Waals surface area (Å²) in [6.45, 7) is 4.61. The zero-order chi connectivity index (χ0) is 36.2. The zero-order valence-electron chi connectivity index (χ0n) is 30.1. The molecule has 0 radical (unpaired) electrons. The number of anilines is 3. The molecule has 2 heteroatoms. The molecule has 0 atom stereocenters. The van der Waals surface area contributed by atoms with Crippen LogP contribution in [0.5, 0.6) is 0 Å². The van der Waals surface area contributed by atoms with Crippen LogP contribution >= 0.6 is 0 Å². The molecule has 1 spiro atoms. The molecule has 0 heterocycles. The fourth-order valence-electron chi connectivity index (χ4n) is 10.1. The molecule has 3 aliphatic carbocycles. The summed E-state index contributed by atoms with van der Waals surface area (Å²) in [6, 6.07) is 64.6. The smallest absolute Gasteiger partial charge is 0.125 e. The van der Waals surface area contributed by atoms with Gasteiger partial charge in [0.05, 0.1) is 11.1 Å². The molecule has 8 aromatic rings. The van der Waals surface area contributed by atoms with E-state index in [0.29, 0.717) is 0 Å². The van der Waals surface area contributed by atoms with E-state index in [4.69, 9.17) is 0 Å². The highest BCUT2D eigenvalue weighted by molar-refractivity contribution is 6.02. The third-order valence-electron chi connectivity index (χ3n) is 12.4. The summed E-state index contributed by atoms with van der Waals surface area (Å²) in [6.07, 6.45) is 0. The lowest BCUT2D eigenvalue weighted by molar-refractivity contribution is 0.628. The van der Waals surface area contributed by atoms with Crippen LogP contribution in [0.25, 0.3) is 44.5 Å². The Balaban J connectivity index is 1.18. The van der Waals surface area contributed by atoms with Gasteiger partial charge in [0.1, 0.15) is 5.82 Å². The number of hydrogen-bond donors (Lipinski definition) is 0. The van der Waals surface area contributed by atoms with Crippen molar-refractivity contribution in [3.05, 3.63) is 221 Å². The van der Waals surface area contributed by atoms with E-state index in [1.54, 1.807) is 12.1 Å². The Morgan fingerprint density at radius 3 is 1.56 bits per heavy atom. The fraction of sp³-hybridized carbons (Fsp3) is 0.0769. The molecule has 0 aromatic heterocycles. The second-order valence-electron chi connectivity index (χ2n) is 15.3. The number of nitrogens with zero attached hydrogens (tertiary/aromatic N) is 1.